The molecule has 1 fully saturated rings. The Kier molecular flexibility index (Phi) is 8.80. The summed E-state index contributed by atoms with van der Waals surface area (Å²) in [6.07, 6.45) is 0.356. The van der Waals surface area contributed by atoms with Crippen molar-refractivity contribution >= 4 is 17.6 Å². The summed E-state index contributed by atoms with van der Waals surface area (Å²) in [6, 6.07) is 8.09. The van der Waals surface area contributed by atoms with Crippen LogP contribution in [0.5, 0.6) is 0 Å². The van der Waals surface area contributed by atoms with Crippen molar-refractivity contribution in [3.63, 3.8) is 0 Å². The van der Waals surface area contributed by atoms with E-state index in [9.17, 15) is 14.4 Å². The highest BCUT2D eigenvalue weighted by molar-refractivity contribution is 5.97. The van der Waals surface area contributed by atoms with Crippen molar-refractivity contribution in [1.29, 1.82) is 0 Å². The van der Waals surface area contributed by atoms with E-state index in [1.807, 2.05) is 13.0 Å². The molecule has 25 heavy (non-hydrogen) atoms. The lowest BCUT2D eigenvalue weighted by Crippen LogP contribution is -2.47. The second-order valence-corrected chi connectivity index (χ2v) is 5.85. The third-order valence-corrected chi connectivity index (χ3v) is 3.81. The van der Waals surface area contributed by atoms with Gasteiger partial charge in [0, 0.05) is 25.0 Å². The van der Waals surface area contributed by atoms with Crippen LogP contribution in [0.15, 0.2) is 30.3 Å². The van der Waals surface area contributed by atoms with Gasteiger partial charge in [0.25, 0.3) is 5.91 Å². The van der Waals surface area contributed by atoms with Gasteiger partial charge in [-0.15, -0.1) is 0 Å². The minimum Gasteiger partial charge on any atom is -0.400 e. The Hall–Kier alpha value is -2.25. The van der Waals surface area contributed by atoms with Crippen LogP contribution in [0, 0.1) is 5.92 Å². The van der Waals surface area contributed by atoms with Crippen LogP contribution in [0.1, 0.15) is 30.6 Å². The Morgan fingerprint density at radius 2 is 1.84 bits per heavy atom. The summed E-state index contributed by atoms with van der Waals surface area (Å²) in [5.74, 6) is -0.979. The first-order valence-corrected chi connectivity index (χ1v) is 8.20. The lowest BCUT2D eigenvalue weighted by atomic mass is 9.98. The van der Waals surface area contributed by atoms with Gasteiger partial charge in [-0.3, -0.25) is 14.4 Å². The molecular weight excluding hydrogens is 324 g/mol. The maximum Gasteiger partial charge on any atom is 0.251 e. The normalized spacial score (nSPS) is 22.9. The van der Waals surface area contributed by atoms with E-state index in [0.717, 1.165) is 7.11 Å². The van der Waals surface area contributed by atoms with E-state index in [2.05, 4.69) is 10.6 Å². The highest BCUT2D eigenvalue weighted by Gasteiger charge is 2.30. The first-order valence-electron chi connectivity index (χ1n) is 8.20. The third kappa shape index (κ3) is 6.64. The lowest BCUT2D eigenvalue weighted by Gasteiger charge is -2.18. The molecule has 0 radical (unpaired) electrons. The fraction of sp³-hybridized carbons (Fsp3) is 0.500. The molecule has 1 aromatic rings. The monoisotopic (exact) mass is 350 g/mol. The van der Waals surface area contributed by atoms with E-state index in [0.29, 0.717) is 18.6 Å². The number of benzene rings is 1. The number of rotatable bonds is 4. The Labute approximate surface area is 147 Å². The van der Waals surface area contributed by atoms with Gasteiger partial charge >= 0.3 is 0 Å². The van der Waals surface area contributed by atoms with Crippen molar-refractivity contribution < 1.29 is 24.2 Å². The smallest absolute Gasteiger partial charge is 0.251 e. The quantitative estimate of drug-likeness (QED) is 0.734. The summed E-state index contributed by atoms with van der Waals surface area (Å²) in [5.41, 5.74) is 0.487. The van der Waals surface area contributed by atoms with Gasteiger partial charge in [-0.25, -0.2) is 0 Å². The zero-order chi connectivity index (χ0) is 18.8. The molecule has 3 N–H and O–H groups in total. The fourth-order valence-corrected chi connectivity index (χ4v) is 2.48. The molecule has 138 valence electrons. The van der Waals surface area contributed by atoms with Crippen molar-refractivity contribution in [3.05, 3.63) is 35.9 Å². The molecule has 0 spiro atoms. The maximum absolute atomic E-state index is 12.2. The van der Waals surface area contributed by atoms with E-state index in [4.69, 9.17) is 9.84 Å². The molecule has 0 bridgehead atoms. The first-order chi connectivity index (χ1) is 12.0. The number of Topliss-reactive ketones (excluding diaryl/α,β-unsaturated/α-hetero) is 1. The Morgan fingerprint density at radius 3 is 2.48 bits per heavy atom. The van der Waals surface area contributed by atoms with Gasteiger partial charge in [0.2, 0.25) is 5.91 Å². The van der Waals surface area contributed by atoms with Crippen LogP contribution in [-0.4, -0.2) is 55.1 Å². The van der Waals surface area contributed by atoms with Gasteiger partial charge in [0.1, 0.15) is 0 Å². The van der Waals surface area contributed by atoms with Crippen molar-refractivity contribution in [2.45, 2.75) is 32.4 Å². The molecule has 1 aliphatic heterocycles. The predicted octanol–water partition coefficient (Wildman–Crippen LogP) is 0.524. The zero-order valence-electron chi connectivity index (χ0n) is 14.8. The van der Waals surface area contributed by atoms with E-state index in [-0.39, 0.29) is 36.2 Å². The number of ketones is 1. The van der Waals surface area contributed by atoms with Crippen LogP contribution < -0.4 is 10.6 Å². The van der Waals surface area contributed by atoms with Gasteiger partial charge in [0.15, 0.2) is 5.78 Å². The molecule has 2 amide bonds. The predicted molar refractivity (Wildman–Crippen MR) is 93.1 cm³/mol. The number of hydrogen-bond acceptors (Lipinski definition) is 5. The Balaban J connectivity index is 0.00000151. The highest BCUT2D eigenvalue weighted by Crippen LogP contribution is 2.15. The van der Waals surface area contributed by atoms with Crippen LogP contribution in [0.25, 0.3) is 0 Å². The molecular formula is C18H26N2O5. The molecule has 0 saturated carbocycles. The highest BCUT2D eigenvalue weighted by atomic mass is 16.5. The summed E-state index contributed by atoms with van der Waals surface area (Å²) in [7, 11) is 1.00. The molecule has 1 aliphatic rings. The van der Waals surface area contributed by atoms with Crippen molar-refractivity contribution in [3.8, 4) is 0 Å². The second-order valence-electron chi connectivity index (χ2n) is 5.85. The van der Waals surface area contributed by atoms with Crippen LogP contribution in [0.3, 0.4) is 0 Å². The molecule has 0 aliphatic carbocycles. The van der Waals surface area contributed by atoms with E-state index >= 15 is 0 Å². The summed E-state index contributed by atoms with van der Waals surface area (Å²) in [5, 5.41) is 12.2. The largest absolute Gasteiger partial charge is 0.400 e. The minimum absolute atomic E-state index is 0.0305. The Morgan fingerprint density at radius 1 is 1.20 bits per heavy atom. The SMILES string of the molecule is CC1CC(NC(=O)CNC(=O)c2ccccc2)C(=O)C(C)CO1.CO. The number of hydrogen-bond donors (Lipinski definition) is 3. The summed E-state index contributed by atoms with van der Waals surface area (Å²) in [4.78, 5) is 36.1. The van der Waals surface area contributed by atoms with Gasteiger partial charge < -0.3 is 20.5 Å². The van der Waals surface area contributed by atoms with E-state index < -0.39 is 6.04 Å². The van der Waals surface area contributed by atoms with Crippen molar-refractivity contribution in [1.82, 2.24) is 10.6 Å². The number of aliphatic hydroxyl groups excluding tert-OH is 1. The molecule has 7 heteroatoms. The molecule has 0 aromatic heterocycles. The topological polar surface area (TPSA) is 105 Å². The number of carbonyl (C=O) groups excluding carboxylic acids is 3. The molecule has 1 aromatic carbocycles. The summed E-state index contributed by atoms with van der Waals surface area (Å²) >= 11 is 0. The molecule has 3 unspecified atom stereocenters. The maximum atomic E-state index is 12.2. The molecule has 2 rings (SSSR count). The average Bonchev–Trinajstić information content (AvgIpc) is 2.76. The first kappa shape index (κ1) is 20.8. The molecule has 1 saturated heterocycles. The van der Waals surface area contributed by atoms with E-state index in [1.165, 1.54) is 0 Å². The van der Waals surface area contributed by atoms with Crippen LogP contribution in [0.4, 0.5) is 0 Å². The minimum atomic E-state index is -0.566. The van der Waals surface area contributed by atoms with Crippen molar-refractivity contribution in [2.24, 2.45) is 5.92 Å². The van der Waals surface area contributed by atoms with Gasteiger partial charge in [-0.1, -0.05) is 25.1 Å². The fourth-order valence-electron chi connectivity index (χ4n) is 2.48. The summed E-state index contributed by atoms with van der Waals surface area (Å²) < 4.78 is 5.51. The summed E-state index contributed by atoms with van der Waals surface area (Å²) in [6.45, 7) is 3.87. The second kappa shape index (κ2) is 10.6. The number of ether oxygens (including phenoxy) is 1. The standard InChI is InChI=1S/C17H22N2O4.CH4O/c1-11-10-23-12(2)8-14(16(11)21)19-15(20)9-18-17(22)13-6-4-3-5-7-13;1-2/h3-7,11-12,14H,8-10H2,1-2H3,(H,18,22)(H,19,20);2H,1H3. The van der Waals surface area contributed by atoms with Crippen LogP contribution in [0.2, 0.25) is 0 Å². The number of aliphatic hydroxyl groups is 1. The Bertz CT molecular complexity index is 576. The lowest BCUT2D eigenvalue weighted by molar-refractivity contribution is -0.129. The average molecular weight is 350 g/mol. The molecule has 3 atom stereocenters. The number of amides is 2. The zero-order valence-corrected chi connectivity index (χ0v) is 14.8. The third-order valence-electron chi connectivity index (χ3n) is 3.81. The molecule has 1 heterocycles. The number of carbonyl (C=O) groups is 3. The van der Waals surface area contributed by atoms with Crippen LogP contribution >= 0.6 is 0 Å². The van der Waals surface area contributed by atoms with Gasteiger partial charge in [-0.2, -0.15) is 0 Å². The number of nitrogens with one attached hydrogen (secondary N) is 2. The molecule has 7 nitrogen and oxygen atoms in total. The van der Waals surface area contributed by atoms with Gasteiger partial charge in [-0.05, 0) is 19.1 Å². The van der Waals surface area contributed by atoms with E-state index in [1.54, 1.807) is 31.2 Å². The van der Waals surface area contributed by atoms with Gasteiger partial charge in [0.05, 0.1) is 25.3 Å². The van der Waals surface area contributed by atoms with Crippen molar-refractivity contribution in [2.75, 3.05) is 20.3 Å². The van der Waals surface area contributed by atoms with Crippen LogP contribution in [-0.2, 0) is 14.3 Å².